The summed E-state index contributed by atoms with van der Waals surface area (Å²) in [5, 5.41) is 9.68. The molecule has 1 aromatic rings. The van der Waals surface area contributed by atoms with Crippen molar-refractivity contribution >= 4 is 23.3 Å². The quantitative estimate of drug-likeness (QED) is 0.748. The Morgan fingerprint density at radius 2 is 2.16 bits per heavy atom. The molecule has 3 N–H and O–H groups in total. The number of anilines is 1. The van der Waals surface area contributed by atoms with Crippen molar-refractivity contribution in [2.75, 3.05) is 25.4 Å². The fourth-order valence-corrected chi connectivity index (χ4v) is 4.19. The number of carbonyl (C=O) groups is 1. The van der Waals surface area contributed by atoms with E-state index >= 15 is 0 Å². The second-order valence-electron chi connectivity index (χ2n) is 7.25. The van der Waals surface area contributed by atoms with Gasteiger partial charge in [0.05, 0.1) is 10.7 Å². The van der Waals surface area contributed by atoms with Gasteiger partial charge in [-0.1, -0.05) is 24.9 Å². The van der Waals surface area contributed by atoms with Crippen molar-refractivity contribution < 1.29 is 14.6 Å². The summed E-state index contributed by atoms with van der Waals surface area (Å²) >= 11 is 6.09. The Hall–Kier alpha value is -1.46. The summed E-state index contributed by atoms with van der Waals surface area (Å²) in [6.07, 6.45) is 6.48. The number of benzene rings is 1. The molecule has 0 aliphatic carbocycles. The number of nitrogen functional groups attached to an aromatic ring is 1. The molecule has 25 heavy (non-hydrogen) atoms. The van der Waals surface area contributed by atoms with Crippen LogP contribution in [0.3, 0.4) is 0 Å². The predicted octanol–water partition coefficient (Wildman–Crippen LogP) is 3.83. The minimum atomic E-state index is -1.02. The van der Waals surface area contributed by atoms with Gasteiger partial charge in [0.25, 0.3) is 0 Å². The average Bonchev–Trinajstić information content (AvgIpc) is 3.01. The van der Waals surface area contributed by atoms with Gasteiger partial charge in [-0.2, -0.15) is 0 Å². The van der Waals surface area contributed by atoms with Gasteiger partial charge in [0.1, 0.15) is 17.4 Å². The predicted molar refractivity (Wildman–Crippen MR) is 99.6 cm³/mol. The van der Waals surface area contributed by atoms with E-state index in [4.69, 9.17) is 22.1 Å². The number of rotatable bonds is 6. The van der Waals surface area contributed by atoms with Crippen molar-refractivity contribution in [2.24, 2.45) is 5.92 Å². The van der Waals surface area contributed by atoms with Crippen LogP contribution in [-0.2, 0) is 6.42 Å². The molecule has 1 unspecified atom stereocenters. The second-order valence-corrected chi connectivity index (χ2v) is 7.66. The van der Waals surface area contributed by atoms with Crippen LogP contribution in [0.25, 0.3) is 0 Å². The summed E-state index contributed by atoms with van der Waals surface area (Å²) in [6.45, 7) is 5.73. The van der Waals surface area contributed by atoms with Crippen molar-refractivity contribution in [1.82, 2.24) is 4.90 Å². The third kappa shape index (κ3) is 4.04. The van der Waals surface area contributed by atoms with Crippen LogP contribution in [0.15, 0.2) is 6.07 Å². The minimum Gasteiger partial charge on any atom is -0.489 e. The van der Waals surface area contributed by atoms with E-state index in [2.05, 4.69) is 11.8 Å². The molecule has 1 fully saturated rings. The third-order valence-electron chi connectivity index (χ3n) is 5.45. The van der Waals surface area contributed by atoms with Crippen molar-refractivity contribution in [3.63, 3.8) is 0 Å². The summed E-state index contributed by atoms with van der Waals surface area (Å²) in [5.41, 5.74) is 7.38. The molecule has 1 aromatic carbocycles. The summed E-state index contributed by atoms with van der Waals surface area (Å²) in [7, 11) is 0. The van der Waals surface area contributed by atoms with Gasteiger partial charge in [-0.25, -0.2) is 4.79 Å². The van der Waals surface area contributed by atoms with Gasteiger partial charge in [0.15, 0.2) is 0 Å². The Morgan fingerprint density at radius 1 is 1.44 bits per heavy atom. The first kappa shape index (κ1) is 18.3. The summed E-state index contributed by atoms with van der Waals surface area (Å²) in [5.74, 6) is 0.0185. The fourth-order valence-electron chi connectivity index (χ4n) is 3.96. The molecule has 0 radical (unpaired) electrons. The van der Waals surface area contributed by atoms with E-state index in [0.29, 0.717) is 28.8 Å². The first-order valence-electron chi connectivity index (χ1n) is 9.22. The van der Waals surface area contributed by atoms with E-state index in [1.165, 1.54) is 38.3 Å². The highest BCUT2D eigenvalue weighted by Crippen LogP contribution is 2.42. The van der Waals surface area contributed by atoms with Crippen LogP contribution in [0.2, 0.25) is 5.02 Å². The zero-order valence-electron chi connectivity index (χ0n) is 14.8. The third-order valence-corrected chi connectivity index (χ3v) is 5.76. The number of hydrogen-bond acceptors (Lipinski definition) is 4. The number of ether oxygens (including phenoxy) is 1. The van der Waals surface area contributed by atoms with Gasteiger partial charge in [-0.3, -0.25) is 0 Å². The largest absolute Gasteiger partial charge is 0.489 e. The number of likely N-dealkylation sites (tertiary alicyclic amines) is 1. The van der Waals surface area contributed by atoms with E-state index in [0.717, 1.165) is 25.1 Å². The number of unbranched alkanes of at least 4 members (excludes halogenated alkanes) is 1. The molecular weight excluding hydrogens is 340 g/mol. The van der Waals surface area contributed by atoms with Crippen LogP contribution < -0.4 is 10.5 Å². The van der Waals surface area contributed by atoms with Crippen LogP contribution in [0.4, 0.5) is 5.69 Å². The smallest absolute Gasteiger partial charge is 0.339 e. The van der Waals surface area contributed by atoms with Gasteiger partial charge in [0.2, 0.25) is 0 Å². The topological polar surface area (TPSA) is 75.8 Å². The number of hydrogen-bond donors (Lipinski definition) is 2. The van der Waals surface area contributed by atoms with E-state index in [1.54, 1.807) is 0 Å². The lowest BCUT2D eigenvalue weighted by atomic mass is 9.89. The normalized spacial score (nSPS) is 21.1. The molecule has 0 saturated carbocycles. The summed E-state index contributed by atoms with van der Waals surface area (Å²) < 4.78 is 6.00. The van der Waals surface area contributed by atoms with Crippen LogP contribution in [0.1, 0.15) is 54.9 Å². The lowest BCUT2D eigenvalue weighted by Crippen LogP contribution is -2.35. The number of halogens is 1. The number of nitrogens with zero attached hydrogens (tertiary/aromatic N) is 1. The SMILES string of the molecule is CCCCN1CCC(CC2Cc3c(N)c(Cl)cc(C(=O)O)c3O2)CC1. The van der Waals surface area contributed by atoms with E-state index in [1.807, 2.05) is 0 Å². The Labute approximate surface area is 154 Å². The van der Waals surface area contributed by atoms with Crippen LogP contribution in [-0.4, -0.2) is 41.7 Å². The fraction of sp³-hybridized carbons (Fsp3) is 0.632. The molecule has 1 atom stereocenters. The lowest BCUT2D eigenvalue weighted by Gasteiger charge is -2.32. The Morgan fingerprint density at radius 3 is 2.80 bits per heavy atom. The summed E-state index contributed by atoms with van der Waals surface area (Å²) in [4.78, 5) is 14.0. The van der Waals surface area contributed by atoms with Gasteiger partial charge in [0, 0.05) is 12.0 Å². The Balaban J connectivity index is 1.61. The molecule has 0 amide bonds. The zero-order valence-corrected chi connectivity index (χ0v) is 15.5. The number of aromatic carboxylic acids is 1. The lowest BCUT2D eigenvalue weighted by molar-refractivity contribution is 0.0689. The van der Waals surface area contributed by atoms with E-state index < -0.39 is 5.97 Å². The summed E-state index contributed by atoms with van der Waals surface area (Å²) in [6, 6.07) is 1.40. The number of fused-ring (bicyclic) bond motifs is 1. The van der Waals surface area contributed by atoms with Crippen LogP contribution in [0, 0.1) is 5.92 Å². The number of piperidine rings is 1. The number of carboxylic acid groups (broad SMARTS) is 1. The van der Waals surface area contributed by atoms with Gasteiger partial charge < -0.3 is 20.5 Å². The standard InChI is InChI=1S/C19H27ClN2O3/c1-2-3-6-22-7-4-12(5-8-22)9-13-10-14-17(21)16(20)11-15(19(23)24)18(14)25-13/h11-13H,2-10,21H2,1H3,(H,23,24). The van der Waals surface area contributed by atoms with Crippen LogP contribution >= 0.6 is 11.6 Å². The molecule has 6 heteroatoms. The van der Waals surface area contributed by atoms with Gasteiger partial charge in [-0.05, 0) is 57.3 Å². The monoisotopic (exact) mass is 366 g/mol. The van der Waals surface area contributed by atoms with Gasteiger partial charge in [-0.15, -0.1) is 0 Å². The molecule has 0 bridgehead atoms. The van der Waals surface area contributed by atoms with Crippen LogP contribution in [0.5, 0.6) is 5.75 Å². The van der Waals surface area contributed by atoms with Crippen molar-refractivity contribution in [3.05, 3.63) is 22.2 Å². The minimum absolute atomic E-state index is 0.000980. The van der Waals surface area contributed by atoms with Crippen molar-refractivity contribution in [3.8, 4) is 5.75 Å². The molecule has 2 heterocycles. The maximum Gasteiger partial charge on any atom is 0.339 e. The van der Waals surface area contributed by atoms with E-state index in [-0.39, 0.29) is 11.7 Å². The second kappa shape index (κ2) is 7.83. The Bertz CT molecular complexity index is 642. The Kier molecular flexibility index (Phi) is 5.74. The highest BCUT2D eigenvalue weighted by atomic mass is 35.5. The first-order chi connectivity index (χ1) is 12.0. The first-order valence-corrected chi connectivity index (χ1v) is 9.60. The van der Waals surface area contributed by atoms with E-state index in [9.17, 15) is 9.90 Å². The molecule has 1 saturated heterocycles. The highest BCUT2D eigenvalue weighted by molar-refractivity contribution is 6.33. The molecule has 5 nitrogen and oxygen atoms in total. The molecule has 3 rings (SSSR count). The van der Waals surface area contributed by atoms with Crippen molar-refractivity contribution in [1.29, 1.82) is 0 Å². The number of nitrogens with two attached hydrogens (primary N) is 1. The molecular formula is C19H27ClN2O3. The molecule has 2 aliphatic rings. The molecule has 138 valence electrons. The van der Waals surface area contributed by atoms with Crippen molar-refractivity contribution in [2.45, 2.75) is 51.6 Å². The molecule has 0 spiro atoms. The number of carboxylic acids is 1. The molecule has 2 aliphatic heterocycles. The highest BCUT2D eigenvalue weighted by Gasteiger charge is 2.33. The van der Waals surface area contributed by atoms with Gasteiger partial charge >= 0.3 is 5.97 Å². The zero-order chi connectivity index (χ0) is 18.0. The molecule has 0 aromatic heterocycles. The maximum atomic E-state index is 11.5. The maximum absolute atomic E-state index is 11.5. The average molecular weight is 367 g/mol.